The zero-order chi connectivity index (χ0) is 59.7. The van der Waals surface area contributed by atoms with E-state index in [1.54, 1.807) is 59.1 Å². The highest BCUT2D eigenvalue weighted by Crippen LogP contribution is 2.45. The Kier molecular flexibility index (Phi) is 20.6. The molecule has 20 atom stereocenters. The quantitative estimate of drug-likeness (QED) is 0.0973. The summed E-state index contributed by atoms with van der Waals surface area (Å²) >= 11 is 0. The Morgan fingerprint density at radius 2 is 1.64 bits per heavy atom. The molecular formula is C57H89FN6O16S. The normalized spacial score (nSPS) is 39.2. The van der Waals surface area contributed by atoms with Crippen molar-refractivity contribution in [3.8, 4) is 0 Å². The fourth-order valence-corrected chi connectivity index (χ4v) is 14.8. The first-order valence-electron chi connectivity index (χ1n) is 28.3. The fourth-order valence-electron chi connectivity index (χ4n) is 13.4. The number of nitrogens with zero attached hydrogens (tertiary/aromatic N) is 6. The number of amides is 1. The van der Waals surface area contributed by atoms with Gasteiger partial charge in [-0.1, -0.05) is 68.4 Å². The number of oxime groups is 1. The molecule has 0 bridgehead atoms. The predicted octanol–water partition coefficient (Wildman–Crippen LogP) is 5.71. The monoisotopic (exact) mass is 1160 g/mol. The third-order valence-corrected chi connectivity index (χ3v) is 19.7. The highest BCUT2D eigenvalue weighted by Gasteiger charge is 2.60. The Morgan fingerprint density at radius 1 is 0.963 bits per heavy atom. The zero-order valence-corrected chi connectivity index (χ0v) is 50.6. The van der Waals surface area contributed by atoms with Crippen LogP contribution in [0.2, 0.25) is 0 Å². The molecule has 0 radical (unpaired) electrons. The van der Waals surface area contributed by atoms with Gasteiger partial charge in [0.05, 0.1) is 70.5 Å². The Bertz CT molecular complexity index is 2650. The molecule has 7 rings (SSSR count). The molecule has 24 heteroatoms. The van der Waals surface area contributed by atoms with Crippen molar-refractivity contribution in [2.75, 3.05) is 60.1 Å². The lowest BCUT2D eigenvalue weighted by Gasteiger charge is -2.50. The molecular weight excluding hydrogens is 1080 g/mol. The number of carbonyl (C=O) groups excluding carboxylic acids is 2. The number of aliphatic hydroxyl groups is 2. The molecule has 4 fully saturated rings. The Balaban J connectivity index is 1.17. The molecule has 5 aliphatic heterocycles. The van der Waals surface area contributed by atoms with Crippen LogP contribution in [0.4, 0.5) is 9.18 Å². The van der Waals surface area contributed by atoms with Crippen molar-refractivity contribution in [1.29, 1.82) is 0 Å². The minimum atomic E-state index is -3.16. The van der Waals surface area contributed by atoms with Gasteiger partial charge in [0, 0.05) is 77.8 Å². The first-order valence-corrected chi connectivity index (χ1v) is 30.1. The molecule has 81 heavy (non-hydrogen) atoms. The second kappa shape index (κ2) is 26.0. The Labute approximate surface area is 476 Å². The molecule has 1 amide bonds. The van der Waals surface area contributed by atoms with Crippen LogP contribution in [0, 0.1) is 23.7 Å². The molecule has 3 N–H and O–H groups in total. The number of cyclic esters (lactones) is 1. The van der Waals surface area contributed by atoms with Gasteiger partial charge in [-0.3, -0.25) is 4.79 Å². The SMILES string of the molecule is CC[C@H]1OC(=O)[C@H](C)C(O[C@H]2C[C@@](C)(OC)[C@@H](O)[C@H](C)O2)[C@H](C)C(O[C@@H]2O[C@H](C)C[C@H](N(C)CCc3cn([C@H](CF)[C@H](OC)c4ccc(C5=CCS(=O)(=O)C5)cc4)nn3)[C@H]2O)[C@](C)(OC)C[C@@H](C)/C(=N\O)[C@H](C)[C@H]2N(C)C(=O)O[C@]12C. The van der Waals surface area contributed by atoms with Crippen molar-refractivity contribution in [2.45, 2.75) is 198 Å². The molecule has 22 nitrogen and oxygen atoms in total. The molecule has 5 aliphatic rings. The number of benzene rings is 1. The van der Waals surface area contributed by atoms with Crippen molar-refractivity contribution in [1.82, 2.24) is 24.8 Å². The number of rotatable bonds is 17. The van der Waals surface area contributed by atoms with E-state index in [1.807, 2.05) is 65.6 Å². The summed E-state index contributed by atoms with van der Waals surface area (Å²) in [6.07, 6.45) is -5.45. The molecule has 0 spiro atoms. The summed E-state index contributed by atoms with van der Waals surface area (Å²) in [4.78, 5) is 31.9. The number of hydrogen-bond acceptors (Lipinski definition) is 20. The van der Waals surface area contributed by atoms with Gasteiger partial charge in [-0.25, -0.2) is 22.3 Å². The molecule has 0 aliphatic carbocycles. The highest BCUT2D eigenvalue weighted by molar-refractivity contribution is 7.92. The van der Waals surface area contributed by atoms with Crippen molar-refractivity contribution in [2.24, 2.45) is 28.8 Å². The van der Waals surface area contributed by atoms with E-state index >= 15 is 0 Å². The lowest BCUT2D eigenvalue weighted by molar-refractivity contribution is -0.319. The zero-order valence-electron chi connectivity index (χ0n) is 49.8. The molecule has 456 valence electrons. The van der Waals surface area contributed by atoms with E-state index in [-0.39, 0.29) is 30.8 Å². The van der Waals surface area contributed by atoms with Gasteiger partial charge < -0.3 is 67.9 Å². The van der Waals surface area contributed by atoms with Crippen LogP contribution in [0.25, 0.3) is 5.57 Å². The number of esters is 1. The molecule has 2 unspecified atom stereocenters. The van der Waals surface area contributed by atoms with Crippen LogP contribution in [-0.2, 0) is 63.7 Å². The number of alkyl halides is 1. The van der Waals surface area contributed by atoms with E-state index in [1.165, 1.54) is 30.9 Å². The van der Waals surface area contributed by atoms with Gasteiger partial charge in [0.25, 0.3) is 0 Å². The largest absolute Gasteiger partial charge is 0.458 e. The second-order valence-electron chi connectivity index (χ2n) is 23.9. The third-order valence-electron chi connectivity index (χ3n) is 18.3. The minimum absolute atomic E-state index is 0.00231. The number of ether oxygens (including phenoxy) is 9. The highest BCUT2D eigenvalue weighted by atomic mass is 32.2. The molecule has 0 saturated carbocycles. The number of halogens is 1. The van der Waals surface area contributed by atoms with Crippen LogP contribution >= 0.6 is 0 Å². The minimum Gasteiger partial charge on any atom is -0.458 e. The van der Waals surface area contributed by atoms with Crippen LogP contribution in [0.3, 0.4) is 0 Å². The van der Waals surface area contributed by atoms with Crippen LogP contribution in [0.1, 0.15) is 124 Å². The number of methoxy groups -OCH3 is 3. The number of likely N-dealkylation sites (N-methyl/N-ethyl adjacent to an activating group) is 2. The maximum atomic E-state index is 15.0. The van der Waals surface area contributed by atoms with E-state index < -0.39 is 149 Å². The number of fused-ring (bicyclic) bond motifs is 1. The van der Waals surface area contributed by atoms with Crippen LogP contribution in [-0.4, -0.2) is 211 Å². The number of sulfone groups is 1. The van der Waals surface area contributed by atoms with Crippen molar-refractivity contribution < 1.29 is 80.4 Å². The Morgan fingerprint density at radius 3 is 2.23 bits per heavy atom. The predicted molar refractivity (Wildman–Crippen MR) is 296 cm³/mol. The van der Waals surface area contributed by atoms with E-state index in [0.29, 0.717) is 36.4 Å². The summed E-state index contributed by atoms with van der Waals surface area (Å²) in [6, 6.07) is 5.09. The van der Waals surface area contributed by atoms with Gasteiger partial charge in [0.2, 0.25) is 0 Å². The average Bonchev–Trinajstić information content (AvgIpc) is 4.28. The molecule has 4 saturated heterocycles. The number of aliphatic hydroxyl groups excluding tert-OH is 2. The summed E-state index contributed by atoms with van der Waals surface area (Å²) in [5.74, 6) is -3.71. The lowest BCUT2D eigenvalue weighted by Crippen LogP contribution is -2.62. The average molecular weight is 1170 g/mol. The third kappa shape index (κ3) is 13.4. The van der Waals surface area contributed by atoms with Crippen molar-refractivity contribution >= 4 is 33.2 Å². The van der Waals surface area contributed by atoms with E-state index in [0.717, 1.165) is 11.1 Å². The van der Waals surface area contributed by atoms with Gasteiger partial charge in [-0.15, -0.1) is 5.10 Å². The van der Waals surface area contributed by atoms with Crippen LogP contribution < -0.4 is 0 Å². The van der Waals surface area contributed by atoms with Gasteiger partial charge in [-0.2, -0.15) is 0 Å². The molecule has 6 heterocycles. The summed E-state index contributed by atoms with van der Waals surface area (Å²) in [7, 11) is 4.85. The van der Waals surface area contributed by atoms with E-state index in [9.17, 15) is 37.8 Å². The smallest absolute Gasteiger partial charge is 0.410 e. The Hall–Kier alpha value is -4.21. The van der Waals surface area contributed by atoms with Gasteiger partial charge in [-0.05, 0) is 84.6 Å². The van der Waals surface area contributed by atoms with Gasteiger partial charge >= 0.3 is 12.1 Å². The summed E-state index contributed by atoms with van der Waals surface area (Å²) in [6.45, 7) is 17.6. The van der Waals surface area contributed by atoms with Crippen molar-refractivity contribution in [3.05, 3.63) is 53.4 Å². The van der Waals surface area contributed by atoms with Crippen LogP contribution in [0.5, 0.6) is 0 Å². The number of hydrogen-bond donors (Lipinski definition) is 3. The first-order chi connectivity index (χ1) is 38.1. The van der Waals surface area contributed by atoms with Crippen LogP contribution in [0.15, 0.2) is 41.7 Å². The summed E-state index contributed by atoms with van der Waals surface area (Å²) in [5.41, 5.74) is -0.700. The maximum Gasteiger partial charge on any atom is 0.410 e. The molecule has 2 aromatic rings. The lowest BCUT2D eigenvalue weighted by atomic mass is 9.72. The van der Waals surface area contributed by atoms with E-state index in [4.69, 9.17) is 42.6 Å². The number of aromatic nitrogens is 3. The molecule has 1 aromatic carbocycles. The van der Waals surface area contributed by atoms with Gasteiger partial charge in [0.1, 0.15) is 37.1 Å². The first kappa shape index (κ1) is 64.4. The maximum absolute atomic E-state index is 15.0. The van der Waals surface area contributed by atoms with Crippen molar-refractivity contribution in [3.63, 3.8) is 0 Å². The second-order valence-corrected chi connectivity index (χ2v) is 26.0. The van der Waals surface area contributed by atoms with E-state index in [2.05, 4.69) is 15.5 Å². The summed E-state index contributed by atoms with van der Waals surface area (Å²) in [5, 5.41) is 47.2. The van der Waals surface area contributed by atoms with Gasteiger partial charge in [0.15, 0.2) is 28.0 Å². The molecule has 1 aromatic heterocycles. The topological polar surface area (TPSA) is 262 Å². The summed E-state index contributed by atoms with van der Waals surface area (Å²) < 4.78 is 98.3. The fraction of sp³-hybridized carbons (Fsp3) is 0.772. The standard InChI is InChI=1S/C57H89FN6O16S/c1-16-43-57(10)49(63(12)54(68)80-57)33(4)45(60-69)31(2)26-56(9,74-15)51(34(5)47(35(6)52(67)77-43)78-44-27-55(8,73-14)50(66)36(7)76-44)79-53-46(65)41(25-32(3)75-53)62(11)23-21-40-29-64(61-59-40)42(28-58)48(72-13)38-19-17-37(18-20-38)39-22-24-81(70,71)30-39/h17-20,22,29,31-36,41-44,46-51,53,65-66,69H,16,21,23-28,30H2,1-15H3/b60-45+/t31-,32-,33+,34+,35-,36+,41+,42-,43-,44+,46-,47?,48-,49-,50+,51?,53+,55-,56-,57-/m1/s1. The number of carbonyl (C=O) groups is 2.